The maximum atomic E-state index is 12.9. The first-order valence-corrected chi connectivity index (χ1v) is 8.04. The fourth-order valence-corrected chi connectivity index (χ4v) is 3.29. The molecule has 1 saturated heterocycles. The molecule has 2 rings (SSSR count). The molecule has 2 amide bonds. The van der Waals surface area contributed by atoms with Crippen molar-refractivity contribution < 1.29 is 9.59 Å². The molecule has 0 radical (unpaired) electrons. The van der Waals surface area contributed by atoms with E-state index in [-0.39, 0.29) is 11.8 Å². The van der Waals surface area contributed by atoms with Crippen molar-refractivity contribution in [3.05, 3.63) is 28.2 Å². The molecule has 1 aliphatic heterocycles. The summed E-state index contributed by atoms with van der Waals surface area (Å²) in [6.45, 7) is 7.60. The Morgan fingerprint density at radius 1 is 1.29 bits per heavy atom. The molecule has 0 bridgehead atoms. The number of anilines is 1. The van der Waals surface area contributed by atoms with Gasteiger partial charge in [-0.2, -0.15) is 0 Å². The van der Waals surface area contributed by atoms with E-state index < -0.39 is 11.6 Å². The Bertz CT molecular complexity index is 567. The molecule has 1 aromatic carbocycles. The van der Waals surface area contributed by atoms with Crippen LogP contribution in [-0.4, -0.2) is 23.4 Å². The van der Waals surface area contributed by atoms with Crippen LogP contribution in [0.3, 0.4) is 0 Å². The first-order valence-electron chi connectivity index (χ1n) is 7.25. The summed E-state index contributed by atoms with van der Waals surface area (Å²) in [7, 11) is 0. The van der Waals surface area contributed by atoms with Gasteiger partial charge in [-0.25, -0.2) is 0 Å². The van der Waals surface area contributed by atoms with Crippen molar-refractivity contribution in [1.29, 1.82) is 0 Å². The van der Waals surface area contributed by atoms with Crippen molar-refractivity contribution in [2.24, 2.45) is 0 Å². The van der Waals surface area contributed by atoms with Crippen molar-refractivity contribution in [3.8, 4) is 0 Å². The van der Waals surface area contributed by atoms with E-state index in [0.717, 1.165) is 15.7 Å². The summed E-state index contributed by atoms with van der Waals surface area (Å²) in [5.41, 5.74) is 0.985. The molecule has 2 atom stereocenters. The standard InChI is InChI=1S/C16H21BrN2O2/c1-5-13-14(20)18-16(4,6-2)15(21)19(13)12-8-10(3)7-11(17)9-12/h7-9,13H,5-6H2,1-4H3,(H,18,20). The molecule has 2 unspecified atom stereocenters. The SMILES string of the molecule is CCC1C(=O)NC(C)(CC)C(=O)N1c1cc(C)cc(Br)c1. The van der Waals surface area contributed by atoms with Crippen molar-refractivity contribution in [1.82, 2.24) is 5.32 Å². The summed E-state index contributed by atoms with van der Waals surface area (Å²) in [6, 6.07) is 5.37. The van der Waals surface area contributed by atoms with Crippen LogP contribution in [-0.2, 0) is 9.59 Å². The van der Waals surface area contributed by atoms with Gasteiger partial charge in [-0.1, -0.05) is 29.8 Å². The molecule has 1 N–H and O–H groups in total. The maximum Gasteiger partial charge on any atom is 0.253 e. The van der Waals surface area contributed by atoms with E-state index in [1.807, 2.05) is 39.0 Å². The van der Waals surface area contributed by atoms with Crippen LogP contribution in [0.5, 0.6) is 0 Å². The van der Waals surface area contributed by atoms with Crippen LogP contribution in [0.4, 0.5) is 5.69 Å². The number of carbonyl (C=O) groups is 2. The van der Waals surface area contributed by atoms with Crippen LogP contribution in [0, 0.1) is 6.92 Å². The molecule has 5 heteroatoms. The van der Waals surface area contributed by atoms with Crippen LogP contribution < -0.4 is 10.2 Å². The fourth-order valence-electron chi connectivity index (χ4n) is 2.69. The quantitative estimate of drug-likeness (QED) is 0.908. The molecule has 0 aromatic heterocycles. The molecule has 1 fully saturated rings. The first-order chi connectivity index (χ1) is 9.82. The molecule has 0 aliphatic carbocycles. The van der Waals surface area contributed by atoms with Gasteiger partial charge in [-0.15, -0.1) is 0 Å². The zero-order chi connectivity index (χ0) is 15.8. The molecule has 21 heavy (non-hydrogen) atoms. The van der Waals surface area contributed by atoms with Crippen molar-refractivity contribution in [2.45, 2.75) is 52.1 Å². The average Bonchev–Trinajstić information content (AvgIpc) is 2.41. The Morgan fingerprint density at radius 2 is 1.95 bits per heavy atom. The largest absolute Gasteiger partial charge is 0.340 e. The zero-order valence-corrected chi connectivity index (χ0v) is 14.5. The number of hydrogen-bond donors (Lipinski definition) is 1. The summed E-state index contributed by atoms with van der Waals surface area (Å²) in [6.07, 6.45) is 1.15. The summed E-state index contributed by atoms with van der Waals surface area (Å²) >= 11 is 3.46. The summed E-state index contributed by atoms with van der Waals surface area (Å²) < 4.78 is 0.907. The van der Waals surface area contributed by atoms with Crippen LogP contribution in [0.25, 0.3) is 0 Å². The van der Waals surface area contributed by atoms with Gasteiger partial charge in [-0.05, 0) is 50.5 Å². The number of nitrogens with one attached hydrogen (secondary N) is 1. The third-order valence-corrected chi connectivity index (χ3v) is 4.56. The summed E-state index contributed by atoms with van der Waals surface area (Å²) in [5.74, 6) is -0.131. The number of rotatable bonds is 3. The minimum atomic E-state index is -0.834. The predicted molar refractivity (Wildman–Crippen MR) is 87.3 cm³/mol. The highest BCUT2D eigenvalue weighted by atomic mass is 79.9. The van der Waals surface area contributed by atoms with Gasteiger partial charge in [0.1, 0.15) is 11.6 Å². The molecular formula is C16H21BrN2O2. The number of carbonyl (C=O) groups excluding carboxylic acids is 2. The summed E-state index contributed by atoms with van der Waals surface area (Å²) in [5, 5.41) is 2.88. The predicted octanol–water partition coefficient (Wildman–Crippen LogP) is 3.17. The first kappa shape index (κ1) is 16.0. The summed E-state index contributed by atoms with van der Waals surface area (Å²) in [4.78, 5) is 26.9. The van der Waals surface area contributed by atoms with Crippen molar-refractivity contribution >= 4 is 33.4 Å². The second kappa shape index (κ2) is 5.79. The fraction of sp³-hybridized carbons (Fsp3) is 0.500. The Hall–Kier alpha value is -1.36. The Kier molecular flexibility index (Phi) is 4.42. The van der Waals surface area contributed by atoms with Crippen molar-refractivity contribution in [2.75, 3.05) is 4.90 Å². The molecule has 114 valence electrons. The van der Waals surface area contributed by atoms with Gasteiger partial charge >= 0.3 is 0 Å². The van der Waals surface area contributed by atoms with Crippen molar-refractivity contribution in [3.63, 3.8) is 0 Å². The zero-order valence-electron chi connectivity index (χ0n) is 12.9. The Labute approximate surface area is 134 Å². The Morgan fingerprint density at radius 3 is 2.48 bits per heavy atom. The van der Waals surface area contributed by atoms with E-state index >= 15 is 0 Å². The molecule has 1 aromatic rings. The molecule has 0 saturated carbocycles. The maximum absolute atomic E-state index is 12.9. The third-order valence-electron chi connectivity index (χ3n) is 4.10. The van der Waals surface area contributed by atoms with Gasteiger partial charge in [0.15, 0.2) is 0 Å². The van der Waals surface area contributed by atoms with Crippen LogP contribution >= 0.6 is 15.9 Å². The number of piperazine rings is 1. The third kappa shape index (κ3) is 2.84. The van der Waals surface area contributed by atoms with Crippen LogP contribution in [0.15, 0.2) is 22.7 Å². The molecule has 0 spiro atoms. The van der Waals surface area contributed by atoms with Crippen LogP contribution in [0.1, 0.15) is 39.2 Å². The second-order valence-corrected chi connectivity index (χ2v) is 6.68. The van der Waals surface area contributed by atoms with E-state index in [2.05, 4.69) is 21.2 Å². The van der Waals surface area contributed by atoms with Gasteiger partial charge in [-0.3, -0.25) is 14.5 Å². The second-order valence-electron chi connectivity index (χ2n) is 5.76. The minimum absolute atomic E-state index is 0.0473. The molecular weight excluding hydrogens is 332 g/mol. The topological polar surface area (TPSA) is 49.4 Å². The molecule has 1 aliphatic rings. The lowest BCUT2D eigenvalue weighted by atomic mass is 9.90. The van der Waals surface area contributed by atoms with E-state index in [0.29, 0.717) is 12.8 Å². The van der Waals surface area contributed by atoms with E-state index in [1.165, 1.54) is 0 Å². The van der Waals surface area contributed by atoms with E-state index in [4.69, 9.17) is 0 Å². The number of amides is 2. The Balaban J connectivity index is 2.54. The normalized spacial score (nSPS) is 26.0. The molecule has 1 heterocycles. The van der Waals surface area contributed by atoms with Gasteiger partial charge in [0.2, 0.25) is 5.91 Å². The van der Waals surface area contributed by atoms with Gasteiger partial charge in [0, 0.05) is 10.2 Å². The highest BCUT2D eigenvalue weighted by Crippen LogP contribution is 2.31. The minimum Gasteiger partial charge on any atom is -0.340 e. The van der Waals surface area contributed by atoms with E-state index in [9.17, 15) is 9.59 Å². The van der Waals surface area contributed by atoms with Gasteiger partial charge in [0.05, 0.1) is 0 Å². The molecule has 4 nitrogen and oxygen atoms in total. The lowest BCUT2D eigenvalue weighted by Crippen LogP contribution is -2.69. The number of benzene rings is 1. The number of aryl methyl sites for hydroxylation is 1. The van der Waals surface area contributed by atoms with Gasteiger partial charge in [0.25, 0.3) is 5.91 Å². The lowest BCUT2D eigenvalue weighted by Gasteiger charge is -2.44. The average molecular weight is 353 g/mol. The number of halogens is 1. The van der Waals surface area contributed by atoms with E-state index in [1.54, 1.807) is 11.8 Å². The highest BCUT2D eigenvalue weighted by Gasteiger charge is 2.47. The number of nitrogens with zero attached hydrogens (tertiary/aromatic N) is 1. The van der Waals surface area contributed by atoms with Gasteiger partial charge < -0.3 is 5.32 Å². The lowest BCUT2D eigenvalue weighted by molar-refractivity contribution is -0.138. The number of hydrogen-bond acceptors (Lipinski definition) is 2. The smallest absolute Gasteiger partial charge is 0.253 e. The van der Waals surface area contributed by atoms with Crippen LogP contribution in [0.2, 0.25) is 0 Å². The monoisotopic (exact) mass is 352 g/mol. The highest BCUT2D eigenvalue weighted by molar-refractivity contribution is 9.10.